The van der Waals surface area contributed by atoms with E-state index in [9.17, 15) is 4.79 Å². The molecule has 0 saturated heterocycles. The van der Waals surface area contributed by atoms with Gasteiger partial charge in [0, 0.05) is 0 Å². The molecule has 1 N–H and O–H groups in total. The molecule has 3 nitrogen and oxygen atoms in total. The van der Waals surface area contributed by atoms with E-state index in [0.29, 0.717) is 17.4 Å². The van der Waals surface area contributed by atoms with Crippen LogP contribution < -0.4 is 4.74 Å². The van der Waals surface area contributed by atoms with Crippen LogP contribution in [0.3, 0.4) is 0 Å². The zero-order valence-electron chi connectivity index (χ0n) is 14.8. The van der Waals surface area contributed by atoms with Gasteiger partial charge in [-0.05, 0) is 68.7 Å². The standard InChI is InChI=1S/C21H30O3/c1-21(17-8-4-2-5-9-17,18-10-6-3-7-11-18)24-19-14-12-16(13-15-19)20(22)23/h12-15,17-18H,2-11H2,1H3,(H,22,23). The fraction of sp³-hybridized carbons (Fsp3) is 0.667. The van der Waals surface area contributed by atoms with Gasteiger partial charge >= 0.3 is 5.97 Å². The first kappa shape index (κ1) is 17.3. The molecule has 2 aliphatic carbocycles. The van der Waals surface area contributed by atoms with Crippen molar-refractivity contribution in [3.8, 4) is 5.75 Å². The van der Waals surface area contributed by atoms with Crippen molar-refractivity contribution in [2.24, 2.45) is 11.8 Å². The Hall–Kier alpha value is -1.51. The average Bonchev–Trinajstić information content (AvgIpc) is 2.63. The van der Waals surface area contributed by atoms with Crippen LogP contribution in [-0.2, 0) is 0 Å². The van der Waals surface area contributed by atoms with Crippen molar-refractivity contribution in [2.45, 2.75) is 76.7 Å². The Morgan fingerprint density at radius 2 is 1.38 bits per heavy atom. The minimum absolute atomic E-state index is 0.119. The molecule has 1 aromatic rings. The van der Waals surface area contributed by atoms with Gasteiger partial charge in [-0.3, -0.25) is 0 Å². The highest BCUT2D eigenvalue weighted by Gasteiger charge is 2.44. The van der Waals surface area contributed by atoms with Gasteiger partial charge in [-0.1, -0.05) is 38.5 Å². The van der Waals surface area contributed by atoms with Crippen LogP contribution in [0.1, 0.15) is 81.5 Å². The van der Waals surface area contributed by atoms with Crippen molar-refractivity contribution >= 4 is 5.97 Å². The Bertz CT molecular complexity index is 519. The number of ether oxygens (including phenoxy) is 1. The lowest BCUT2D eigenvalue weighted by Crippen LogP contribution is -2.49. The van der Waals surface area contributed by atoms with Crippen molar-refractivity contribution in [1.82, 2.24) is 0 Å². The maximum Gasteiger partial charge on any atom is 0.335 e. The fourth-order valence-corrected chi connectivity index (χ4v) is 4.77. The zero-order valence-corrected chi connectivity index (χ0v) is 14.8. The Kier molecular flexibility index (Phi) is 5.47. The fourth-order valence-electron chi connectivity index (χ4n) is 4.77. The Morgan fingerprint density at radius 3 is 1.79 bits per heavy atom. The maximum atomic E-state index is 11.1. The van der Waals surface area contributed by atoms with E-state index in [4.69, 9.17) is 9.84 Å². The van der Waals surface area contributed by atoms with Gasteiger partial charge in [-0.15, -0.1) is 0 Å². The summed E-state index contributed by atoms with van der Waals surface area (Å²) in [5.74, 6) is 1.17. The Labute approximate surface area is 145 Å². The van der Waals surface area contributed by atoms with Crippen molar-refractivity contribution in [3.63, 3.8) is 0 Å². The molecule has 0 radical (unpaired) electrons. The average molecular weight is 330 g/mol. The Morgan fingerprint density at radius 1 is 0.917 bits per heavy atom. The molecule has 0 heterocycles. The third-order valence-electron chi connectivity index (χ3n) is 6.27. The first-order valence-corrected chi connectivity index (χ1v) is 9.62. The van der Waals surface area contributed by atoms with Gasteiger partial charge in [0.05, 0.1) is 5.56 Å². The lowest BCUT2D eigenvalue weighted by atomic mass is 9.67. The van der Waals surface area contributed by atoms with Crippen LogP contribution in [0, 0.1) is 11.8 Å². The first-order valence-electron chi connectivity index (χ1n) is 9.62. The van der Waals surface area contributed by atoms with Crippen LogP contribution in [0.25, 0.3) is 0 Å². The molecule has 2 aliphatic rings. The SMILES string of the molecule is CC(Oc1ccc(C(=O)O)cc1)(C1CCCCC1)C1CCCCC1. The smallest absolute Gasteiger partial charge is 0.335 e. The van der Waals surface area contributed by atoms with E-state index in [0.717, 1.165) is 5.75 Å². The molecule has 0 aliphatic heterocycles. The van der Waals surface area contributed by atoms with E-state index in [2.05, 4.69) is 6.92 Å². The highest BCUT2D eigenvalue weighted by atomic mass is 16.5. The van der Waals surface area contributed by atoms with Crippen LogP contribution in [-0.4, -0.2) is 16.7 Å². The third-order valence-corrected chi connectivity index (χ3v) is 6.27. The molecule has 24 heavy (non-hydrogen) atoms. The lowest BCUT2D eigenvalue weighted by molar-refractivity contribution is -0.0545. The highest BCUT2D eigenvalue weighted by molar-refractivity contribution is 5.87. The zero-order chi connectivity index (χ0) is 17.0. The molecule has 132 valence electrons. The van der Waals surface area contributed by atoms with E-state index in [-0.39, 0.29) is 5.60 Å². The van der Waals surface area contributed by atoms with E-state index in [1.54, 1.807) is 12.1 Å². The Balaban J connectivity index is 1.81. The molecular weight excluding hydrogens is 300 g/mol. The third kappa shape index (κ3) is 3.76. The monoisotopic (exact) mass is 330 g/mol. The number of hydrogen-bond donors (Lipinski definition) is 1. The predicted octanol–water partition coefficient (Wildman–Crippen LogP) is 5.68. The van der Waals surface area contributed by atoms with Gasteiger partial charge in [0.1, 0.15) is 11.4 Å². The maximum absolute atomic E-state index is 11.1. The second-order valence-electron chi connectivity index (χ2n) is 7.79. The van der Waals surface area contributed by atoms with Crippen LogP contribution in [0.15, 0.2) is 24.3 Å². The number of carboxylic acids is 1. The molecule has 0 spiro atoms. The lowest BCUT2D eigenvalue weighted by Gasteiger charge is -2.46. The highest BCUT2D eigenvalue weighted by Crippen LogP contribution is 2.45. The number of aromatic carboxylic acids is 1. The summed E-state index contributed by atoms with van der Waals surface area (Å²) in [6.45, 7) is 2.32. The topological polar surface area (TPSA) is 46.5 Å². The van der Waals surface area contributed by atoms with Crippen LogP contribution in [0.2, 0.25) is 0 Å². The van der Waals surface area contributed by atoms with Crippen molar-refractivity contribution < 1.29 is 14.6 Å². The molecule has 3 rings (SSSR count). The number of carbonyl (C=O) groups is 1. The van der Waals surface area contributed by atoms with Gasteiger partial charge in [0.15, 0.2) is 0 Å². The van der Waals surface area contributed by atoms with E-state index in [1.807, 2.05) is 12.1 Å². The minimum Gasteiger partial charge on any atom is -0.487 e. The summed E-state index contributed by atoms with van der Waals surface area (Å²) in [5.41, 5.74) is 0.199. The van der Waals surface area contributed by atoms with E-state index < -0.39 is 5.97 Å². The summed E-state index contributed by atoms with van der Waals surface area (Å²) in [7, 11) is 0. The van der Waals surface area contributed by atoms with Gasteiger partial charge in [-0.25, -0.2) is 4.79 Å². The molecule has 0 unspecified atom stereocenters. The first-order chi connectivity index (χ1) is 11.6. The summed E-state index contributed by atoms with van der Waals surface area (Å²) >= 11 is 0. The molecule has 1 aromatic carbocycles. The second kappa shape index (κ2) is 7.58. The number of rotatable bonds is 5. The van der Waals surface area contributed by atoms with E-state index in [1.165, 1.54) is 64.2 Å². The van der Waals surface area contributed by atoms with Crippen LogP contribution in [0.4, 0.5) is 0 Å². The summed E-state index contributed by atoms with van der Waals surface area (Å²) < 4.78 is 6.62. The summed E-state index contributed by atoms with van der Waals surface area (Å²) in [6, 6.07) is 6.96. The van der Waals surface area contributed by atoms with Crippen molar-refractivity contribution in [1.29, 1.82) is 0 Å². The molecule has 3 heteroatoms. The van der Waals surface area contributed by atoms with Gasteiger partial charge in [-0.2, -0.15) is 0 Å². The molecule has 0 aromatic heterocycles. The normalized spacial score (nSPS) is 20.7. The summed E-state index contributed by atoms with van der Waals surface area (Å²) in [4.78, 5) is 11.1. The van der Waals surface area contributed by atoms with Gasteiger partial charge in [0.2, 0.25) is 0 Å². The second-order valence-corrected chi connectivity index (χ2v) is 7.79. The van der Waals surface area contributed by atoms with Crippen LogP contribution in [0.5, 0.6) is 5.75 Å². The van der Waals surface area contributed by atoms with Crippen LogP contribution >= 0.6 is 0 Å². The molecular formula is C21H30O3. The van der Waals surface area contributed by atoms with Crippen molar-refractivity contribution in [3.05, 3.63) is 29.8 Å². The number of benzene rings is 1. The summed E-state index contributed by atoms with van der Waals surface area (Å²) in [5, 5.41) is 9.08. The quantitative estimate of drug-likeness (QED) is 0.755. The summed E-state index contributed by atoms with van der Waals surface area (Å²) in [6.07, 6.45) is 13.0. The van der Waals surface area contributed by atoms with Crippen molar-refractivity contribution in [2.75, 3.05) is 0 Å². The molecule has 2 saturated carbocycles. The predicted molar refractivity (Wildman–Crippen MR) is 95.6 cm³/mol. The number of carboxylic acid groups (broad SMARTS) is 1. The molecule has 2 fully saturated rings. The number of hydrogen-bond acceptors (Lipinski definition) is 2. The molecule has 0 amide bonds. The van der Waals surface area contributed by atoms with Gasteiger partial charge < -0.3 is 9.84 Å². The molecule has 0 bridgehead atoms. The van der Waals surface area contributed by atoms with E-state index >= 15 is 0 Å². The molecule has 0 atom stereocenters. The minimum atomic E-state index is -0.885. The largest absolute Gasteiger partial charge is 0.487 e. The van der Waals surface area contributed by atoms with Gasteiger partial charge in [0.25, 0.3) is 0 Å².